The molecular weight excluding hydrogens is 365 g/mol. The number of hydrogen-bond acceptors (Lipinski definition) is 2. The largest absolute Gasteiger partial charge is 0.478 e. The number of nitrogens with one attached hydrogen (secondary N) is 1. The van der Waals surface area contributed by atoms with Gasteiger partial charge in [0.2, 0.25) is 0 Å². The number of hydrogen-bond donors (Lipinski definition) is 2. The van der Waals surface area contributed by atoms with Crippen LogP contribution in [0.4, 0.5) is 5.69 Å². The van der Waals surface area contributed by atoms with E-state index in [2.05, 4.69) is 21.2 Å². The van der Waals surface area contributed by atoms with Gasteiger partial charge in [-0.3, -0.25) is 0 Å². The van der Waals surface area contributed by atoms with Gasteiger partial charge in [0, 0.05) is 11.0 Å². The van der Waals surface area contributed by atoms with Crippen molar-refractivity contribution in [1.82, 2.24) is 0 Å². The second kappa shape index (κ2) is 6.48. The van der Waals surface area contributed by atoms with Crippen molar-refractivity contribution in [2.75, 3.05) is 5.32 Å². The number of halogens is 3. The highest BCUT2D eigenvalue weighted by atomic mass is 79.9. The van der Waals surface area contributed by atoms with Crippen molar-refractivity contribution >= 4 is 50.8 Å². The van der Waals surface area contributed by atoms with E-state index in [1.54, 1.807) is 36.4 Å². The van der Waals surface area contributed by atoms with E-state index in [0.717, 1.165) is 10.0 Å². The molecule has 6 heteroatoms. The van der Waals surface area contributed by atoms with Gasteiger partial charge in [0.1, 0.15) is 0 Å². The van der Waals surface area contributed by atoms with E-state index < -0.39 is 5.97 Å². The van der Waals surface area contributed by atoms with Crippen LogP contribution in [0.15, 0.2) is 40.9 Å². The van der Waals surface area contributed by atoms with Gasteiger partial charge in [-0.05, 0) is 29.8 Å². The van der Waals surface area contributed by atoms with E-state index in [0.29, 0.717) is 22.3 Å². The first-order valence-electron chi connectivity index (χ1n) is 5.68. The van der Waals surface area contributed by atoms with Gasteiger partial charge in [0.25, 0.3) is 0 Å². The molecule has 0 unspecified atom stereocenters. The summed E-state index contributed by atoms with van der Waals surface area (Å²) in [6, 6.07) is 10.1. The van der Waals surface area contributed by atoms with Crippen molar-refractivity contribution in [2.24, 2.45) is 0 Å². The standard InChI is InChI=1S/C14H10BrCl2NO2/c15-10-5-11(16)13(12(17)6-10)18-7-8-1-3-9(4-2-8)14(19)20/h1-6,18H,7H2,(H,19,20). The van der Waals surface area contributed by atoms with Crippen LogP contribution < -0.4 is 5.32 Å². The van der Waals surface area contributed by atoms with Crippen LogP contribution in [0.5, 0.6) is 0 Å². The van der Waals surface area contributed by atoms with E-state index in [-0.39, 0.29) is 5.56 Å². The van der Waals surface area contributed by atoms with Crippen molar-refractivity contribution in [3.63, 3.8) is 0 Å². The Labute approximate surface area is 134 Å². The van der Waals surface area contributed by atoms with Gasteiger partial charge in [-0.1, -0.05) is 51.3 Å². The molecule has 0 aliphatic rings. The third-order valence-corrected chi connectivity index (χ3v) is 3.73. The zero-order valence-corrected chi connectivity index (χ0v) is 13.3. The molecule has 0 saturated heterocycles. The molecule has 0 amide bonds. The fourth-order valence-corrected chi connectivity index (χ4v) is 3.01. The first-order valence-corrected chi connectivity index (χ1v) is 7.23. The maximum atomic E-state index is 10.8. The Kier molecular flexibility index (Phi) is 4.91. The van der Waals surface area contributed by atoms with E-state index in [1.165, 1.54) is 0 Å². The molecule has 2 rings (SSSR count). The van der Waals surface area contributed by atoms with Crippen LogP contribution in [0.25, 0.3) is 0 Å². The number of aromatic carboxylic acids is 1. The quantitative estimate of drug-likeness (QED) is 0.785. The summed E-state index contributed by atoms with van der Waals surface area (Å²) in [5, 5.41) is 13.0. The highest BCUT2D eigenvalue weighted by Gasteiger charge is 2.07. The van der Waals surface area contributed by atoms with E-state index in [4.69, 9.17) is 28.3 Å². The SMILES string of the molecule is O=C(O)c1ccc(CNc2c(Cl)cc(Br)cc2Cl)cc1. The first-order chi connectivity index (χ1) is 9.47. The van der Waals surface area contributed by atoms with Crippen LogP contribution in [-0.4, -0.2) is 11.1 Å². The summed E-state index contributed by atoms with van der Waals surface area (Å²) in [6.07, 6.45) is 0. The highest BCUT2D eigenvalue weighted by Crippen LogP contribution is 2.34. The number of carbonyl (C=O) groups is 1. The van der Waals surface area contributed by atoms with Crippen molar-refractivity contribution in [3.05, 3.63) is 62.0 Å². The van der Waals surface area contributed by atoms with Gasteiger partial charge < -0.3 is 10.4 Å². The van der Waals surface area contributed by atoms with Crippen molar-refractivity contribution < 1.29 is 9.90 Å². The van der Waals surface area contributed by atoms with E-state index >= 15 is 0 Å². The molecule has 0 atom stereocenters. The molecule has 0 aromatic heterocycles. The summed E-state index contributed by atoms with van der Waals surface area (Å²) in [5.41, 5.74) is 1.84. The summed E-state index contributed by atoms with van der Waals surface area (Å²) < 4.78 is 0.809. The van der Waals surface area contributed by atoms with Crippen LogP contribution in [0.3, 0.4) is 0 Å². The minimum Gasteiger partial charge on any atom is -0.478 e. The third-order valence-electron chi connectivity index (χ3n) is 2.68. The summed E-state index contributed by atoms with van der Waals surface area (Å²) in [4.78, 5) is 10.8. The Balaban J connectivity index is 2.11. The molecule has 0 radical (unpaired) electrons. The maximum Gasteiger partial charge on any atom is 0.335 e. The van der Waals surface area contributed by atoms with Crippen molar-refractivity contribution in [2.45, 2.75) is 6.54 Å². The third kappa shape index (κ3) is 3.66. The van der Waals surface area contributed by atoms with Gasteiger partial charge >= 0.3 is 5.97 Å². The number of carboxylic acids is 1. The second-order valence-electron chi connectivity index (χ2n) is 4.10. The predicted molar refractivity (Wildman–Crippen MR) is 84.9 cm³/mol. The van der Waals surface area contributed by atoms with Crippen LogP contribution in [0.2, 0.25) is 10.0 Å². The van der Waals surface area contributed by atoms with Crippen molar-refractivity contribution in [3.8, 4) is 0 Å². The summed E-state index contributed by atoms with van der Waals surface area (Å²) in [5.74, 6) is -0.941. The number of benzene rings is 2. The van der Waals surface area contributed by atoms with Crippen LogP contribution >= 0.6 is 39.1 Å². The molecule has 0 aliphatic carbocycles. The lowest BCUT2D eigenvalue weighted by molar-refractivity contribution is 0.0697. The summed E-state index contributed by atoms with van der Waals surface area (Å²) in [7, 11) is 0. The lowest BCUT2D eigenvalue weighted by Gasteiger charge is -2.11. The van der Waals surface area contributed by atoms with Crippen LogP contribution in [0, 0.1) is 0 Å². The zero-order valence-electron chi connectivity index (χ0n) is 10.2. The van der Waals surface area contributed by atoms with Crippen LogP contribution in [-0.2, 0) is 6.54 Å². The fourth-order valence-electron chi connectivity index (χ4n) is 1.67. The molecule has 20 heavy (non-hydrogen) atoms. The lowest BCUT2D eigenvalue weighted by atomic mass is 10.1. The second-order valence-corrected chi connectivity index (χ2v) is 5.83. The number of anilines is 1. The van der Waals surface area contributed by atoms with E-state index in [9.17, 15) is 4.79 Å². The normalized spacial score (nSPS) is 10.3. The Bertz CT molecular complexity index is 621. The topological polar surface area (TPSA) is 49.3 Å². The Morgan fingerprint density at radius 1 is 1.15 bits per heavy atom. The van der Waals surface area contributed by atoms with Gasteiger partial charge in [-0.2, -0.15) is 0 Å². The fraction of sp³-hybridized carbons (Fsp3) is 0.0714. The number of rotatable bonds is 4. The Hall–Kier alpha value is -1.23. The van der Waals surface area contributed by atoms with Gasteiger partial charge in [0.15, 0.2) is 0 Å². The van der Waals surface area contributed by atoms with Crippen molar-refractivity contribution in [1.29, 1.82) is 0 Å². The molecular formula is C14H10BrCl2NO2. The van der Waals surface area contributed by atoms with Gasteiger partial charge in [-0.15, -0.1) is 0 Å². The maximum absolute atomic E-state index is 10.8. The molecule has 0 heterocycles. The first kappa shape index (κ1) is 15.2. The molecule has 3 nitrogen and oxygen atoms in total. The molecule has 0 fully saturated rings. The molecule has 0 spiro atoms. The molecule has 2 aromatic carbocycles. The molecule has 2 N–H and O–H groups in total. The lowest BCUT2D eigenvalue weighted by Crippen LogP contribution is -2.02. The smallest absolute Gasteiger partial charge is 0.335 e. The summed E-state index contributed by atoms with van der Waals surface area (Å²) in [6.45, 7) is 0.501. The average molecular weight is 375 g/mol. The number of carboxylic acid groups (broad SMARTS) is 1. The Morgan fingerprint density at radius 3 is 2.20 bits per heavy atom. The van der Waals surface area contributed by atoms with E-state index in [1.807, 2.05) is 0 Å². The van der Waals surface area contributed by atoms with Gasteiger partial charge in [0.05, 0.1) is 21.3 Å². The summed E-state index contributed by atoms with van der Waals surface area (Å²) >= 11 is 15.5. The van der Waals surface area contributed by atoms with Crippen LogP contribution in [0.1, 0.15) is 15.9 Å². The monoisotopic (exact) mass is 373 g/mol. The minimum atomic E-state index is -0.941. The molecule has 0 bridgehead atoms. The average Bonchev–Trinajstić information content (AvgIpc) is 2.38. The minimum absolute atomic E-state index is 0.258. The molecule has 104 valence electrons. The molecule has 0 aliphatic heterocycles. The Morgan fingerprint density at radius 2 is 1.70 bits per heavy atom. The molecule has 0 saturated carbocycles. The molecule has 2 aromatic rings. The van der Waals surface area contributed by atoms with Gasteiger partial charge in [-0.25, -0.2) is 4.79 Å². The highest BCUT2D eigenvalue weighted by molar-refractivity contribution is 9.10. The predicted octanol–water partition coefficient (Wildman–Crippen LogP) is 5.07. The zero-order chi connectivity index (χ0) is 14.7.